The molecular formula is C20H32ClN3O2. The van der Waals surface area contributed by atoms with Gasteiger partial charge in [0.2, 0.25) is 11.8 Å². The highest BCUT2D eigenvalue weighted by atomic mass is 35.5. The Morgan fingerprint density at radius 2 is 2.04 bits per heavy atom. The first-order valence-electron chi connectivity index (χ1n) is 9.46. The second-order valence-electron chi connectivity index (χ2n) is 6.92. The molecular weight excluding hydrogens is 350 g/mol. The van der Waals surface area contributed by atoms with Gasteiger partial charge >= 0.3 is 0 Å². The predicted molar refractivity (Wildman–Crippen MR) is 107 cm³/mol. The molecule has 1 aromatic rings. The lowest BCUT2D eigenvalue weighted by Gasteiger charge is -2.33. The third-order valence-electron chi connectivity index (χ3n) is 4.88. The molecule has 2 amide bonds. The van der Waals surface area contributed by atoms with Gasteiger partial charge in [0.25, 0.3) is 0 Å². The van der Waals surface area contributed by atoms with Crippen LogP contribution in [0.2, 0.25) is 0 Å². The minimum absolute atomic E-state index is 0. The van der Waals surface area contributed by atoms with Gasteiger partial charge in [0.1, 0.15) is 0 Å². The number of carbonyl (C=O) groups excluding carboxylic acids is 2. The number of rotatable bonds is 8. The molecule has 2 rings (SSSR count). The quantitative estimate of drug-likeness (QED) is 0.726. The number of nitrogens with zero attached hydrogens (tertiary/aromatic N) is 1. The molecule has 1 fully saturated rings. The fraction of sp³-hybridized carbons (Fsp3) is 0.600. The van der Waals surface area contributed by atoms with Gasteiger partial charge in [-0.15, -0.1) is 12.4 Å². The second kappa shape index (κ2) is 11.9. The lowest BCUT2D eigenvalue weighted by atomic mass is 9.95. The Balaban J connectivity index is 0.00000338. The van der Waals surface area contributed by atoms with E-state index in [-0.39, 0.29) is 36.2 Å². The Morgan fingerprint density at radius 3 is 2.69 bits per heavy atom. The number of nitrogens with two attached hydrogens (primary N) is 1. The van der Waals surface area contributed by atoms with Crippen LogP contribution in [0, 0.1) is 5.92 Å². The van der Waals surface area contributed by atoms with Crippen LogP contribution in [-0.4, -0.2) is 42.4 Å². The lowest BCUT2D eigenvalue weighted by molar-refractivity contribution is -0.135. The van der Waals surface area contributed by atoms with Crippen molar-refractivity contribution in [3.05, 3.63) is 35.9 Å². The first kappa shape index (κ1) is 22.5. The molecule has 2 atom stereocenters. The molecule has 0 bridgehead atoms. The number of carbonyl (C=O) groups is 2. The fourth-order valence-electron chi connectivity index (χ4n) is 3.32. The standard InChI is InChI=1S/C20H31N3O2.ClH/c1-2-3-11-18(14-21)22-20(25)17-10-7-12-23(15-17)19(24)13-16-8-5-4-6-9-16;/h4-6,8-9,17-18H,2-3,7,10-15,21H2,1H3,(H,22,25);1H. The molecule has 3 N–H and O–H groups in total. The number of unbranched alkanes of at least 4 members (excludes halogenated alkanes) is 1. The summed E-state index contributed by atoms with van der Waals surface area (Å²) < 4.78 is 0. The van der Waals surface area contributed by atoms with E-state index in [0.717, 1.165) is 44.2 Å². The second-order valence-corrected chi connectivity index (χ2v) is 6.92. The predicted octanol–water partition coefficient (Wildman–Crippen LogP) is 2.52. The zero-order chi connectivity index (χ0) is 18.1. The highest BCUT2D eigenvalue weighted by molar-refractivity contribution is 5.85. The van der Waals surface area contributed by atoms with Gasteiger partial charge in [-0.3, -0.25) is 9.59 Å². The number of hydrogen-bond acceptors (Lipinski definition) is 3. The Hall–Kier alpha value is -1.59. The Morgan fingerprint density at radius 1 is 1.31 bits per heavy atom. The Kier molecular flexibility index (Phi) is 10.3. The summed E-state index contributed by atoms with van der Waals surface area (Å²) in [5.74, 6) is 0.0259. The molecule has 1 heterocycles. The highest BCUT2D eigenvalue weighted by Crippen LogP contribution is 2.18. The van der Waals surface area contributed by atoms with Crippen molar-refractivity contribution >= 4 is 24.2 Å². The highest BCUT2D eigenvalue weighted by Gasteiger charge is 2.29. The van der Waals surface area contributed by atoms with Gasteiger partial charge in [-0.2, -0.15) is 0 Å². The maximum absolute atomic E-state index is 12.6. The summed E-state index contributed by atoms with van der Waals surface area (Å²) in [6.45, 7) is 3.86. The van der Waals surface area contributed by atoms with Crippen LogP contribution in [0.1, 0.15) is 44.6 Å². The van der Waals surface area contributed by atoms with Crippen LogP contribution >= 0.6 is 12.4 Å². The van der Waals surface area contributed by atoms with Crippen molar-refractivity contribution in [3.63, 3.8) is 0 Å². The van der Waals surface area contributed by atoms with E-state index in [1.165, 1.54) is 0 Å². The molecule has 1 saturated heterocycles. The van der Waals surface area contributed by atoms with E-state index in [9.17, 15) is 9.59 Å². The number of halogens is 1. The van der Waals surface area contributed by atoms with Crippen molar-refractivity contribution in [1.29, 1.82) is 0 Å². The number of nitrogens with one attached hydrogen (secondary N) is 1. The molecule has 2 unspecified atom stereocenters. The minimum Gasteiger partial charge on any atom is -0.352 e. The van der Waals surface area contributed by atoms with Gasteiger partial charge in [0, 0.05) is 25.7 Å². The average molecular weight is 382 g/mol. The number of hydrogen-bond donors (Lipinski definition) is 2. The third kappa shape index (κ3) is 6.96. The van der Waals surface area contributed by atoms with Crippen LogP contribution in [0.25, 0.3) is 0 Å². The van der Waals surface area contributed by atoms with Gasteiger partial charge in [0.15, 0.2) is 0 Å². The molecule has 1 aliphatic rings. The summed E-state index contributed by atoms with van der Waals surface area (Å²) >= 11 is 0. The van der Waals surface area contributed by atoms with Crippen molar-refractivity contribution in [2.45, 2.75) is 51.5 Å². The van der Waals surface area contributed by atoms with Crippen molar-refractivity contribution in [1.82, 2.24) is 10.2 Å². The Labute approximate surface area is 163 Å². The average Bonchev–Trinajstić information content (AvgIpc) is 2.65. The van der Waals surface area contributed by atoms with Crippen LogP contribution in [0.3, 0.4) is 0 Å². The first-order chi connectivity index (χ1) is 12.1. The number of amides is 2. The molecule has 1 aliphatic heterocycles. The third-order valence-corrected chi connectivity index (χ3v) is 4.88. The van der Waals surface area contributed by atoms with Crippen molar-refractivity contribution in [3.8, 4) is 0 Å². The molecule has 0 saturated carbocycles. The minimum atomic E-state index is -0.121. The molecule has 146 valence electrons. The number of piperidine rings is 1. The molecule has 0 spiro atoms. The summed E-state index contributed by atoms with van der Waals surface area (Å²) in [7, 11) is 0. The van der Waals surface area contributed by atoms with Crippen molar-refractivity contribution in [2.24, 2.45) is 11.7 Å². The molecule has 0 radical (unpaired) electrons. The van der Waals surface area contributed by atoms with E-state index in [1.807, 2.05) is 35.2 Å². The molecule has 26 heavy (non-hydrogen) atoms. The van der Waals surface area contributed by atoms with E-state index in [4.69, 9.17) is 5.73 Å². The first-order valence-corrected chi connectivity index (χ1v) is 9.46. The van der Waals surface area contributed by atoms with Crippen molar-refractivity contribution in [2.75, 3.05) is 19.6 Å². The van der Waals surface area contributed by atoms with E-state index >= 15 is 0 Å². The largest absolute Gasteiger partial charge is 0.352 e. The SMILES string of the molecule is CCCCC(CN)NC(=O)C1CCCN(C(=O)Cc2ccccc2)C1.Cl. The molecule has 0 aliphatic carbocycles. The maximum atomic E-state index is 12.6. The van der Waals surface area contributed by atoms with Crippen LogP contribution in [0.5, 0.6) is 0 Å². The van der Waals surface area contributed by atoms with E-state index in [0.29, 0.717) is 19.5 Å². The smallest absolute Gasteiger partial charge is 0.227 e. The topological polar surface area (TPSA) is 75.4 Å². The van der Waals surface area contributed by atoms with Crippen LogP contribution in [-0.2, 0) is 16.0 Å². The maximum Gasteiger partial charge on any atom is 0.227 e. The molecule has 5 nitrogen and oxygen atoms in total. The summed E-state index contributed by atoms with van der Waals surface area (Å²) in [6, 6.07) is 9.80. The van der Waals surface area contributed by atoms with E-state index in [2.05, 4.69) is 12.2 Å². The fourth-order valence-corrected chi connectivity index (χ4v) is 3.32. The van der Waals surface area contributed by atoms with Crippen LogP contribution in [0.4, 0.5) is 0 Å². The van der Waals surface area contributed by atoms with Crippen LogP contribution in [0.15, 0.2) is 30.3 Å². The summed E-state index contributed by atoms with van der Waals surface area (Å²) in [4.78, 5) is 26.9. The van der Waals surface area contributed by atoms with Crippen molar-refractivity contribution < 1.29 is 9.59 Å². The Bertz CT molecular complexity index is 553. The van der Waals surface area contributed by atoms with Gasteiger partial charge in [-0.05, 0) is 24.8 Å². The summed E-state index contributed by atoms with van der Waals surface area (Å²) in [5, 5.41) is 3.08. The van der Waals surface area contributed by atoms with E-state index in [1.54, 1.807) is 0 Å². The molecule has 1 aromatic carbocycles. The zero-order valence-electron chi connectivity index (χ0n) is 15.7. The lowest BCUT2D eigenvalue weighted by Crippen LogP contribution is -2.49. The summed E-state index contributed by atoms with van der Waals surface area (Å²) in [5.41, 5.74) is 6.79. The number of likely N-dealkylation sites (tertiary alicyclic amines) is 1. The van der Waals surface area contributed by atoms with Gasteiger partial charge in [-0.1, -0.05) is 50.1 Å². The van der Waals surface area contributed by atoms with Gasteiger partial charge in [0.05, 0.1) is 12.3 Å². The molecule has 6 heteroatoms. The normalized spacial score (nSPS) is 17.9. The zero-order valence-corrected chi connectivity index (χ0v) is 16.5. The van der Waals surface area contributed by atoms with Gasteiger partial charge < -0.3 is 16.0 Å². The van der Waals surface area contributed by atoms with E-state index < -0.39 is 0 Å². The molecule has 0 aromatic heterocycles. The number of benzene rings is 1. The summed E-state index contributed by atoms with van der Waals surface area (Å²) in [6.07, 6.45) is 5.19. The monoisotopic (exact) mass is 381 g/mol. The van der Waals surface area contributed by atoms with Gasteiger partial charge in [-0.25, -0.2) is 0 Å². The van der Waals surface area contributed by atoms with Crippen LogP contribution < -0.4 is 11.1 Å².